The minimum atomic E-state index is -1.03. The van der Waals surface area contributed by atoms with Crippen molar-refractivity contribution in [3.63, 3.8) is 0 Å². The van der Waals surface area contributed by atoms with Gasteiger partial charge in [-0.15, -0.1) is 0 Å². The van der Waals surface area contributed by atoms with E-state index in [-0.39, 0.29) is 44.7 Å². The number of rotatable bonds is 9. The lowest BCUT2D eigenvalue weighted by atomic mass is 10.2. The van der Waals surface area contributed by atoms with Crippen LogP contribution in [0.3, 0.4) is 0 Å². The van der Waals surface area contributed by atoms with E-state index in [4.69, 9.17) is 20.3 Å². The fourth-order valence-electron chi connectivity index (χ4n) is 0.964. The molecule has 7 heteroatoms. The molecule has 0 aliphatic carbocycles. The van der Waals surface area contributed by atoms with Crippen molar-refractivity contribution in [2.24, 2.45) is 5.73 Å². The first-order chi connectivity index (χ1) is 7.60. The van der Waals surface area contributed by atoms with E-state index in [0.29, 0.717) is 0 Å². The second-order valence-electron chi connectivity index (χ2n) is 3.09. The summed E-state index contributed by atoms with van der Waals surface area (Å²) in [7, 11) is 1.49. The number of nitrogens with one attached hydrogen (secondary N) is 1. The SMILES string of the molecule is COC(CN)CC(=O)NCCOCC(=O)O. The maximum absolute atomic E-state index is 11.2. The third-order valence-corrected chi connectivity index (χ3v) is 1.80. The van der Waals surface area contributed by atoms with Crippen molar-refractivity contribution in [1.29, 1.82) is 0 Å². The number of carbonyl (C=O) groups excluding carboxylic acids is 1. The molecule has 4 N–H and O–H groups in total. The highest BCUT2D eigenvalue weighted by atomic mass is 16.5. The molecule has 16 heavy (non-hydrogen) atoms. The van der Waals surface area contributed by atoms with Crippen LogP contribution in [0.15, 0.2) is 0 Å². The summed E-state index contributed by atoms with van der Waals surface area (Å²) in [4.78, 5) is 21.3. The van der Waals surface area contributed by atoms with Crippen LogP contribution in [0.2, 0.25) is 0 Å². The quantitative estimate of drug-likeness (QED) is 0.422. The molecule has 0 rings (SSSR count). The molecule has 0 heterocycles. The van der Waals surface area contributed by atoms with Gasteiger partial charge in [-0.3, -0.25) is 4.79 Å². The summed E-state index contributed by atoms with van der Waals surface area (Å²) in [6, 6.07) is 0. The van der Waals surface area contributed by atoms with E-state index < -0.39 is 5.97 Å². The van der Waals surface area contributed by atoms with Crippen molar-refractivity contribution in [3.8, 4) is 0 Å². The number of hydrogen-bond donors (Lipinski definition) is 3. The predicted octanol–water partition coefficient (Wildman–Crippen LogP) is -1.43. The standard InChI is InChI=1S/C9H18N2O5/c1-15-7(5-10)4-8(12)11-2-3-16-6-9(13)14/h7H,2-6,10H2,1H3,(H,11,12)(H,13,14). The molecule has 0 aromatic heterocycles. The fourth-order valence-corrected chi connectivity index (χ4v) is 0.964. The zero-order chi connectivity index (χ0) is 12.4. The number of carboxylic acid groups (broad SMARTS) is 1. The molecule has 0 bridgehead atoms. The molecular weight excluding hydrogens is 216 g/mol. The minimum absolute atomic E-state index is 0.165. The van der Waals surface area contributed by atoms with Crippen molar-refractivity contribution in [1.82, 2.24) is 5.32 Å². The Morgan fingerprint density at radius 1 is 1.50 bits per heavy atom. The average molecular weight is 234 g/mol. The predicted molar refractivity (Wildman–Crippen MR) is 55.9 cm³/mol. The van der Waals surface area contributed by atoms with E-state index >= 15 is 0 Å². The Balaban J connectivity index is 3.46. The topological polar surface area (TPSA) is 111 Å². The van der Waals surface area contributed by atoms with Crippen LogP contribution in [-0.2, 0) is 19.1 Å². The van der Waals surface area contributed by atoms with Gasteiger partial charge < -0.3 is 25.6 Å². The maximum Gasteiger partial charge on any atom is 0.329 e. The van der Waals surface area contributed by atoms with E-state index in [1.54, 1.807) is 0 Å². The van der Waals surface area contributed by atoms with Gasteiger partial charge in [0.1, 0.15) is 6.61 Å². The molecule has 0 fully saturated rings. The summed E-state index contributed by atoms with van der Waals surface area (Å²) in [5.74, 6) is -1.23. The molecule has 7 nitrogen and oxygen atoms in total. The highest BCUT2D eigenvalue weighted by molar-refractivity contribution is 5.76. The number of methoxy groups -OCH3 is 1. The second kappa shape index (κ2) is 9.08. The highest BCUT2D eigenvalue weighted by Gasteiger charge is 2.10. The lowest BCUT2D eigenvalue weighted by Crippen LogP contribution is -2.34. The molecule has 0 saturated heterocycles. The van der Waals surface area contributed by atoms with E-state index in [2.05, 4.69) is 5.32 Å². The summed E-state index contributed by atoms with van der Waals surface area (Å²) >= 11 is 0. The lowest BCUT2D eigenvalue weighted by molar-refractivity contribution is -0.142. The number of carboxylic acids is 1. The Labute approximate surface area is 93.9 Å². The first-order valence-corrected chi connectivity index (χ1v) is 4.89. The summed E-state index contributed by atoms with van der Waals surface area (Å²) < 4.78 is 9.67. The van der Waals surface area contributed by atoms with E-state index in [1.807, 2.05) is 0 Å². The van der Waals surface area contributed by atoms with Gasteiger partial charge in [0.2, 0.25) is 5.91 Å². The van der Waals surface area contributed by atoms with Gasteiger partial charge in [0.05, 0.1) is 19.1 Å². The van der Waals surface area contributed by atoms with Crippen molar-refractivity contribution < 1.29 is 24.2 Å². The third kappa shape index (κ3) is 8.16. The van der Waals surface area contributed by atoms with Crippen LogP contribution in [0.25, 0.3) is 0 Å². The molecule has 1 unspecified atom stereocenters. The second-order valence-corrected chi connectivity index (χ2v) is 3.09. The molecule has 0 spiro atoms. The zero-order valence-corrected chi connectivity index (χ0v) is 9.27. The van der Waals surface area contributed by atoms with Crippen molar-refractivity contribution in [2.75, 3.05) is 33.4 Å². The van der Waals surface area contributed by atoms with Crippen LogP contribution >= 0.6 is 0 Å². The zero-order valence-electron chi connectivity index (χ0n) is 9.27. The van der Waals surface area contributed by atoms with Gasteiger partial charge in [0.25, 0.3) is 0 Å². The van der Waals surface area contributed by atoms with Gasteiger partial charge in [-0.2, -0.15) is 0 Å². The van der Waals surface area contributed by atoms with Gasteiger partial charge in [-0.05, 0) is 0 Å². The Hall–Kier alpha value is -1.18. The number of carbonyl (C=O) groups is 2. The largest absolute Gasteiger partial charge is 0.480 e. The number of ether oxygens (including phenoxy) is 2. The van der Waals surface area contributed by atoms with E-state index in [0.717, 1.165) is 0 Å². The smallest absolute Gasteiger partial charge is 0.329 e. The van der Waals surface area contributed by atoms with E-state index in [9.17, 15) is 9.59 Å². The Kier molecular flexibility index (Phi) is 8.41. The summed E-state index contributed by atoms with van der Waals surface area (Å²) in [6.45, 7) is 0.351. The van der Waals surface area contributed by atoms with Crippen molar-refractivity contribution in [3.05, 3.63) is 0 Å². The van der Waals surface area contributed by atoms with Crippen LogP contribution in [0, 0.1) is 0 Å². The van der Waals surface area contributed by atoms with Crippen LogP contribution < -0.4 is 11.1 Å². The number of amides is 1. The number of aliphatic carboxylic acids is 1. The summed E-state index contributed by atoms with van der Waals surface area (Å²) in [5, 5.41) is 10.8. The fraction of sp³-hybridized carbons (Fsp3) is 0.778. The van der Waals surface area contributed by atoms with Crippen LogP contribution in [-0.4, -0.2) is 56.5 Å². The average Bonchev–Trinajstić information content (AvgIpc) is 2.25. The maximum atomic E-state index is 11.2. The molecule has 1 amide bonds. The molecule has 94 valence electrons. The minimum Gasteiger partial charge on any atom is -0.480 e. The number of nitrogens with two attached hydrogens (primary N) is 1. The molecule has 0 radical (unpaired) electrons. The third-order valence-electron chi connectivity index (χ3n) is 1.80. The van der Waals surface area contributed by atoms with Crippen LogP contribution in [0.1, 0.15) is 6.42 Å². The first-order valence-electron chi connectivity index (χ1n) is 4.89. The summed E-state index contributed by atoms with van der Waals surface area (Å²) in [5.41, 5.74) is 5.35. The van der Waals surface area contributed by atoms with Gasteiger partial charge in [-0.25, -0.2) is 4.79 Å². The Morgan fingerprint density at radius 2 is 2.19 bits per heavy atom. The summed E-state index contributed by atoms with van der Waals surface area (Å²) in [6.07, 6.45) is -0.105. The van der Waals surface area contributed by atoms with Crippen molar-refractivity contribution in [2.45, 2.75) is 12.5 Å². The Morgan fingerprint density at radius 3 is 2.69 bits per heavy atom. The van der Waals surface area contributed by atoms with E-state index in [1.165, 1.54) is 7.11 Å². The monoisotopic (exact) mass is 234 g/mol. The van der Waals surface area contributed by atoms with Gasteiger partial charge in [0, 0.05) is 20.2 Å². The molecule has 1 atom stereocenters. The number of hydrogen-bond acceptors (Lipinski definition) is 5. The highest BCUT2D eigenvalue weighted by Crippen LogP contribution is 1.93. The molecular formula is C9H18N2O5. The molecule has 0 aromatic rings. The Bertz CT molecular complexity index is 218. The molecule has 0 aromatic carbocycles. The first kappa shape index (κ1) is 14.8. The lowest BCUT2D eigenvalue weighted by Gasteiger charge is -2.12. The van der Waals surface area contributed by atoms with Crippen LogP contribution in [0.4, 0.5) is 0 Å². The van der Waals surface area contributed by atoms with Gasteiger partial charge in [0.15, 0.2) is 0 Å². The van der Waals surface area contributed by atoms with Gasteiger partial charge in [-0.1, -0.05) is 0 Å². The van der Waals surface area contributed by atoms with Crippen LogP contribution in [0.5, 0.6) is 0 Å². The molecule has 0 aliphatic rings. The normalized spacial score (nSPS) is 12.1. The van der Waals surface area contributed by atoms with Gasteiger partial charge >= 0.3 is 5.97 Å². The molecule has 0 saturated carbocycles. The molecule has 0 aliphatic heterocycles. The van der Waals surface area contributed by atoms with Crippen molar-refractivity contribution >= 4 is 11.9 Å².